The largest absolute Gasteiger partial charge is 0.469 e. The summed E-state index contributed by atoms with van der Waals surface area (Å²) in [6, 6.07) is 20.8. The SMILES string of the molecule is COC(=O)CCC(=O)c1ccc(Oc2ccc(NC(=O)Nc3ccc(C)cc3)cc2)cc1. The van der Waals surface area contributed by atoms with Crippen molar-refractivity contribution in [2.75, 3.05) is 17.7 Å². The van der Waals surface area contributed by atoms with E-state index in [2.05, 4.69) is 15.4 Å². The molecule has 0 spiro atoms. The monoisotopic (exact) mass is 432 g/mol. The predicted molar refractivity (Wildman–Crippen MR) is 122 cm³/mol. The van der Waals surface area contributed by atoms with E-state index in [1.807, 2.05) is 31.2 Å². The van der Waals surface area contributed by atoms with Gasteiger partial charge in [-0.1, -0.05) is 17.7 Å². The molecule has 0 unspecified atom stereocenters. The van der Waals surface area contributed by atoms with Gasteiger partial charge >= 0.3 is 12.0 Å². The first-order valence-electron chi connectivity index (χ1n) is 10.1. The molecule has 0 fully saturated rings. The minimum absolute atomic E-state index is 0.0526. The summed E-state index contributed by atoms with van der Waals surface area (Å²) in [5.41, 5.74) is 2.94. The summed E-state index contributed by atoms with van der Waals surface area (Å²) in [7, 11) is 1.29. The summed E-state index contributed by atoms with van der Waals surface area (Å²) in [6.07, 6.45) is 0.149. The van der Waals surface area contributed by atoms with Gasteiger partial charge in [0.25, 0.3) is 0 Å². The molecule has 0 aliphatic heterocycles. The van der Waals surface area contributed by atoms with Gasteiger partial charge in [0.15, 0.2) is 5.78 Å². The van der Waals surface area contributed by atoms with Crippen molar-refractivity contribution in [1.29, 1.82) is 0 Å². The van der Waals surface area contributed by atoms with Crippen LogP contribution < -0.4 is 15.4 Å². The van der Waals surface area contributed by atoms with Crippen molar-refractivity contribution in [2.24, 2.45) is 0 Å². The quantitative estimate of drug-likeness (QED) is 0.359. The summed E-state index contributed by atoms with van der Waals surface area (Å²) < 4.78 is 10.3. The van der Waals surface area contributed by atoms with E-state index in [-0.39, 0.29) is 24.7 Å². The number of carbonyl (C=O) groups is 3. The molecule has 7 heteroatoms. The predicted octanol–water partition coefficient (Wildman–Crippen LogP) is 5.57. The summed E-state index contributed by atoms with van der Waals surface area (Å²) in [4.78, 5) is 35.4. The lowest BCUT2D eigenvalue weighted by atomic mass is 10.1. The normalized spacial score (nSPS) is 10.2. The lowest BCUT2D eigenvalue weighted by molar-refractivity contribution is -0.140. The third kappa shape index (κ3) is 6.70. The van der Waals surface area contributed by atoms with E-state index in [0.29, 0.717) is 28.4 Å². The summed E-state index contributed by atoms with van der Waals surface area (Å²) in [6.45, 7) is 1.98. The van der Waals surface area contributed by atoms with Crippen molar-refractivity contribution in [3.63, 3.8) is 0 Å². The van der Waals surface area contributed by atoms with Gasteiger partial charge in [-0.15, -0.1) is 0 Å². The molecule has 32 heavy (non-hydrogen) atoms. The molecule has 0 saturated carbocycles. The van der Waals surface area contributed by atoms with E-state index >= 15 is 0 Å². The lowest BCUT2D eigenvalue weighted by Gasteiger charge is -2.10. The molecule has 0 bridgehead atoms. The molecule has 3 aromatic rings. The topological polar surface area (TPSA) is 93.7 Å². The highest BCUT2D eigenvalue weighted by Gasteiger charge is 2.10. The molecule has 2 N–H and O–H groups in total. The first-order chi connectivity index (χ1) is 15.4. The Balaban J connectivity index is 1.51. The van der Waals surface area contributed by atoms with Gasteiger partial charge in [-0.2, -0.15) is 0 Å². The van der Waals surface area contributed by atoms with Gasteiger partial charge in [-0.05, 0) is 67.6 Å². The molecule has 164 valence electrons. The van der Waals surface area contributed by atoms with Gasteiger partial charge in [-0.25, -0.2) is 4.79 Å². The van der Waals surface area contributed by atoms with Gasteiger partial charge in [0, 0.05) is 23.4 Å². The molecule has 0 heterocycles. The van der Waals surface area contributed by atoms with Gasteiger partial charge in [0.2, 0.25) is 0 Å². The van der Waals surface area contributed by atoms with Crippen molar-refractivity contribution in [3.05, 3.63) is 83.9 Å². The molecule has 0 aliphatic rings. The van der Waals surface area contributed by atoms with Crippen LogP contribution in [0.5, 0.6) is 11.5 Å². The molecule has 3 rings (SSSR count). The number of esters is 1. The minimum Gasteiger partial charge on any atom is -0.469 e. The Kier molecular flexibility index (Phi) is 7.59. The third-order valence-corrected chi connectivity index (χ3v) is 4.62. The Labute approximate surface area is 186 Å². The molecule has 0 radical (unpaired) electrons. The zero-order chi connectivity index (χ0) is 22.9. The van der Waals surface area contributed by atoms with E-state index in [4.69, 9.17) is 4.74 Å². The van der Waals surface area contributed by atoms with Crippen LogP contribution in [0.25, 0.3) is 0 Å². The number of hydrogen-bond donors (Lipinski definition) is 2. The second-order valence-corrected chi connectivity index (χ2v) is 7.10. The highest BCUT2D eigenvalue weighted by Crippen LogP contribution is 2.24. The van der Waals surface area contributed by atoms with Gasteiger partial charge in [-0.3, -0.25) is 9.59 Å². The number of aryl methyl sites for hydroxylation is 1. The number of amides is 2. The van der Waals surface area contributed by atoms with Crippen LogP contribution >= 0.6 is 0 Å². The maximum absolute atomic E-state index is 12.1. The lowest BCUT2D eigenvalue weighted by Crippen LogP contribution is -2.19. The number of ketones is 1. The molecule has 0 aliphatic carbocycles. The number of nitrogens with one attached hydrogen (secondary N) is 2. The smallest absolute Gasteiger partial charge is 0.323 e. The van der Waals surface area contributed by atoms with Crippen LogP contribution in [0, 0.1) is 6.92 Å². The van der Waals surface area contributed by atoms with Crippen LogP contribution in [0.15, 0.2) is 72.8 Å². The van der Waals surface area contributed by atoms with Crippen LogP contribution in [0.4, 0.5) is 16.2 Å². The maximum Gasteiger partial charge on any atom is 0.323 e. The van der Waals surface area contributed by atoms with Crippen LogP contribution in [-0.4, -0.2) is 24.9 Å². The van der Waals surface area contributed by atoms with Crippen molar-refractivity contribution in [3.8, 4) is 11.5 Å². The molecular formula is C25H24N2O5. The second-order valence-electron chi connectivity index (χ2n) is 7.10. The van der Waals surface area contributed by atoms with Gasteiger partial charge in [0.05, 0.1) is 13.5 Å². The van der Waals surface area contributed by atoms with Crippen molar-refractivity contribution < 1.29 is 23.9 Å². The Bertz CT molecular complexity index is 1070. The summed E-state index contributed by atoms with van der Waals surface area (Å²) in [5, 5.41) is 5.53. The molecule has 2 amide bonds. The Morgan fingerprint density at radius 2 is 1.22 bits per heavy atom. The Morgan fingerprint density at radius 3 is 1.75 bits per heavy atom. The molecule has 0 aromatic heterocycles. The highest BCUT2D eigenvalue weighted by atomic mass is 16.5. The first-order valence-corrected chi connectivity index (χ1v) is 10.1. The summed E-state index contributed by atoms with van der Waals surface area (Å²) >= 11 is 0. The maximum atomic E-state index is 12.1. The average Bonchev–Trinajstić information content (AvgIpc) is 2.80. The first kappa shape index (κ1) is 22.6. The fraction of sp³-hybridized carbons (Fsp3) is 0.160. The molecule has 0 atom stereocenters. The standard InChI is InChI=1S/C25H24N2O5/c1-17-3-7-19(8-4-17)26-25(30)27-20-9-13-22(14-10-20)32-21-11-5-18(6-12-21)23(28)15-16-24(29)31-2/h3-14H,15-16H2,1-2H3,(H2,26,27,30). The van der Waals surface area contributed by atoms with E-state index in [0.717, 1.165) is 5.56 Å². The summed E-state index contributed by atoms with van der Waals surface area (Å²) in [5.74, 6) is 0.594. The molecule has 3 aromatic carbocycles. The van der Waals surface area contributed by atoms with Crippen LogP contribution in [-0.2, 0) is 9.53 Å². The average molecular weight is 432 g/mol. The van der Waals surface area contributed by atoms with Crippen molar-refractivity contribution in [2.45, 2.75) is 19.8 Å². The van der Waals surface area contributed by atoms with E-state index < -0.39 is 5.97 Å². The number of rotatable bonds is 8. The highest BCUT2D eigenvalue weighted by molar-refractivity contribution is 5.99. The number of carbonyl (C=O) groups excluding carboxylic acids is 3. The number of hydrogen-bond acceptors (Lipinski definition) is 5. The number of anilines is 2. The minimum atomic E-state index is -0.413. The van der Waals surface area contributed by atoms with Gasteiger partial charge in [0.1, 0.15) is 11.5 Å². The van der Waals surface area contributed by atoms with E-state index in [1.54, 1.807) is 48.5 Å². The third-order valence-electron chi connectivity index (χ3n) is 4.62. The van der Waals surface area contributed by atoms with Crippen molar-refractivity contribution >= 4 is 29.2 Å². The van der Waals surface area contributed by atoms with Crippen LogP contribution in [0.3, 0.4) is 0 Å². The molecular weight excluding hydrogens is 408 g/mol. The number of methoxy groups -OCH3 is 1. The zero-order valence-electron chi connectivity index (χ0n) is 17.9. The number of ether oxygens (including phenoxy) is 2. The number of urea groups is 1. The fourth-order valence-corrected chi connectivity index (χ4v) is 2.84. The molecule has 0 saturated heterocycles. The number of Topliss-reactive ketones (excluding diaryl/α,β-unsaturated/α-hetero) is 1. The second kappa shape index (κ2) is 10.8. The zero-order valence-corrected chi connectivity index (χ0v) is 17.9. The Morgan fingerprint density at radius 1 is 0.719 bits per heavy atom. The number of benzene rings is 3. The molecule has 7 nitrogen and oxygen atoms in total. The van der Waals surface area contributed by atoms with E-state index in [9.17, 15) is 14.4 Å². The fourth-order valence-electron chi connectivity index (χ4n) is 2.84. The van der Waals surface area contributed by atoms with E-state index in [1.165, 1.54) is 7.11 Å². The van der Waals surface area contributed by atoms with Crippen LogP contribution in [0.2, 0.25) is 0 Å². The Hall–Kier alpha value is -4.13. The van der Waals surface area contributed by atoms with Gasteiger partial charge < -0.3 is 20.1 Å². The van der Waals surface area contributed by atoms with Crippen molar-refractivity contribution in [1.82, 2.24) is 0 Å². The van der Waals surface area contributed by atoms with Crippen LogP contribution in [0.1, 0.15) is 28.8 Å².